The van der Waals surface area contributed by atoms with E-state index >= 15 is 0 Å². The van der Waals surface area contributed by atoms with Gasteiger partial charge in [0.25, 0.3) is 0 Å². The summed E-state index contributed by atoms with van der Waals surface area (Å²) in [5.74, 6) is -1.18. The molecule has 0 N–H and O–H groups in total. The van der Waals surface area contributed by atoms with Crippen molar-refractivity contribution in [3.8, 4) is 0 Å². The Labute approximate surface area is 149 Å². The van der Waals surface area contributed by atoms with Crippen molar-refractivity contribution in [3.05, 3.63) is 59.7 Å². The van der Waals surface area contributed by atoms with Gasteiger partial charge in [0.2, 0.25) is 0 Å². The number of carbonyl (C=O) groups is 1. The molecule has 0 saturated carbocycles. The molecule has 0 amide bonds. The minimum absolute atomic E-state index is 0.168. The van der Waals surface area contributed by atoms with Crippen LogP contribution in [0.5, 0.6) is 0 Å². The first-order valence-corrected chi connectivity index (χ1v) is 7.67. The fraction of sp³-hybridized carbons (Fsp3) is 0.235. The lowest BCUT2D eigenvalue weighted by Gasteiger charge is -2.15. The van der Waals surface area contributed by atoms with Crippen molar-refractivity contribution in [2.24, 2.45) is 0 Å². The van der Waals surface area contributed by atoms with Crippen LogP contribution in [0.4, 0.5) is 22.0 Å². The van der Waals surface area contributed by atoms with Gasteiger partial charge in [0.05, 0.1) is 16.6 Å². The topological polar surface area (TPSA) is 57.0 Å². The summed E-state index contributed by atoms with van der Waals surface area (Å²) in [5, 5.41) is 0. The third-order valence-corrected chi connectivity index (χ3v) is 3.76. The number of nitrogens with zero attached hydrogens (tertiary/aromatic N) is 3. The molecule has 0 radical (unpaired) electrons. The zero-order valence-electron chi connectivity index (χ0n) is 13.7. The summed E-state index contributed by atoms with van der Waals surface area (Å²) in [6, 6.07) is 7.71. The van der Waals surface area contributed by atoms with Crippen molar-refractivity contribution in [2.45, 2.75) is 25.8 Å². The molecule has 0 fully saturated rings. The van der Waals surface area contributed by atoms with Crippen LogP contribution < -0.4 is 0 Å². The Morgan fingerprint density at radius 3 is 2.44 bits per heavy atom. The second kappa shape index (κ2) is 6.93. The number of pyridine rings is 1. The molecule has 1 unspecified atom stereocenters. The molecule has 0 bridgehead atoms. The van der Waals surface area contributed by atoms with Gasteiger partial charge in [-0.1, -0.05) is 12.1 Å². The van der Waals surface area contributed by atoms with Gasteiger partial charge in [-0.2, -0.15) is 22.0 Å². The molecule has 0 saturated heterocycles. The van der Waals surface area contributed by atoms with Crippen LogP contribution in [-0.4, -0.2) is 20.5 Å². The van der Waals surface area contributed by atoms with Gasteiger partial charge in [-0.25, -0.2) is 9.78 Å². The van der Waals surface area contributed by atoms with Crippen molar-refractivity contribution in [2.75, 3.05) is 0 Å². The first-order valence-electron chi connectivity index (χ1n) is 7.67. The molecule has 10 heteroatoms. The largest absolute Gasteiger partial charge is 0.451 e. The smallest absolute Gasteiger partial charge is 0.433 e. The Hall–Kier alpha value is -3.04. The van der Waals surface area contributed by atoms with E-state index in [1.165, 1.54) is 19.1 Å². The van der Waals surface area contributed by atoms with Gasteiger partial charge in [0.1, 0.15) is 5.69 Å². The van der Waals surface area contributed by atoms with Crippen molar-refractivity contribution in [1.82, 2.24) is 14.5 Å². The fourth-order valence-electron chi connectivity index (χ4n) is 2.52. The maximum absolute atomic E-state index is 13.4. The highest BCUT2D eigenvalue weighted by atomic mass is 19.4. The quantitative estimate of drug-likeness (QED) is 0.480. The zero-order chi connectivity index (χ0) is 19.8. The van der Waals surface area contributed by atoms with Gasteiger partial charge in [-0.05, 0) is 31.2 Å². The lowest BCUT2D eigenvalue weighted by molar-refractivity contribution is -0.141. The van der Waals surface area contributed by atoms with E-state index in [0.29, 0.717) is 22.3 Å². The predicted molar refractivity (Wildman–Crippen MR) is 84.1 cm³/mol. The average Bonchev–Trinajstić information content (AvgIpc) is 3.01. The number of para-hydroxylation sites is 2. The van der Waals surface area contributed by atoms with Crippen molar-refractivity contribution < 1.29 is 31.5 Å². The SMILES string of the molecule is CC(OC(=O)c1ccc(C(F)(F)F)nc1)c1nc2ccccc2n1C(F)F. The Kier molecular flexibility index (Phi) is 4.81. The molecule has 0 aliphatic rings. The molecule has 1 atom stereocenters. The van der Waals surface area contributed by atoms with Crippen molar-refractivity contribution in [1.29, 1.82) is 0 Å². The summed E-state index contributed by atoms with van der Waals surface area (Å²) in [4.78, 5) is 19.4. The third-order valence-electron chi connectivity index (χ3n) is 3.76. The molecular formula is C17H12F5N3O2. The zero-order valence-corrected chi connectivity index (χ0v) is 13.7. The molecule has 142 valence electrons. The maximum Gasteiger partial charge on any atom is 0.433 e. The summed E-state index contributed by atoms with van der Waals surface area (Å²) >= 11 is 0. The number of carbonyl (C=O) groups excluding carboxylic acids is 1. The Bertz CT molecular complexity index is 967. The molecule has 0 aliphatic heterocycles. The molecule has 0 spiro atoms. The van der Waals surface area contributed by atoms with Crippen molar-refractivity contribution in [3.63, 3.8) is 0 Å². The number of ether oxygens (including phenoxy) is 1. The van der Waals surface area contributed by atoms with Gasteiger partial charge < -0.3 is 4.74 Å². The fourth-order valence-corrected chi connectivity index (χ4v) is 2.52. The van der Waals surface area contributed by atoms with Crippen LogP contribution >= 0.6 is 0 Å². The van der Waals surface area contributed by atoms with E-state index in [1.54, 1.807) is 12.1 Å². The maximum atomic E-state index is 13.4. The van der Waals surface area contributed by atoms with E-state index in [2.05, 4.69) is 9.97 Å². The summed E-state index contributed by atoms with van der Waals surface area (Å²) in [7, 11) is 0. The highest BCUT2D eigenvalue weighted by Gasteiger charge is 2.32. The molecular weight excluding hydrogens is 373 g/mol. The number of benzene rings is 1. The van der Waals surface area contributed by atoms with Gasteiger partial charge >= 0.3 is 18.7 Å². The minimum Gasteiger partial charge on any atom is -0.451 e. The minimum atomic E-state index is -4.64. The monoisotopic (exact) mass is 385 g/mol. The average molecular weight is 385 g/mol. The van der Waals surface area contributed by atoms with Crippen LogP contribution in [0.3, 0.4) is 0 Å². The molecule has 3 rings (SSSR count). The summed E-state index contributed by atoms with van der Waals surface area (Å²) in [6.45, 7) is -1.57. The normalized spacial score (nSPS) is 13.1. The Morgan fingerprint density at radius 2 is 1.85 bits per heavy atom. The van der Waals surface area contributed by atoms with Crippen LogP contribution in [0, 0.1) is 0 Å². The molecule has 1 aromatic carbocycles. The number of fused-ring (bicyclic) bond motifs is 1. The van der Waals surface area contributed by atoms with Crippen LogP contribution in [0.2, 0.25) is 0 Å². The predicted octanol–water partition coefficient (Wildman–Crippen LogP) is 4.76. The molecule has 5 nitrogen and oxygen atoms in total. The lowest BCUT2D eigenvalue weighted by Crippen LogP contribution is -2.15. The summed E-state index contributed by atoms with van der Waals surface area (Å²) in [6.07, 6.45) is -5.09. The second-order valence-corrected chi connectivity index (χ2v) is 5.58. The first-order chi connectivity index (χ1) is 12.7. The van der Waals surface area contributed by atoms with Crippen molar-refractivity contribution >= 4 is 17.0 Å². The number of aromatic nitrogens is 3. The van der Waals surface area contributed by atoms with Crippen LogP contribution in [0.25, 0.3) is 11.0 Å². The highest BCUT2D eigenvalue weighted by molar-refractivity contribution is 5.89. The van der Waals surface area contributed by atoms with Gasteiger partial charge in [0.15, 0.2) is 11.9 Å². The molecule has 2 heterocycles. The lowest BCUT2D eigenvalue weighted by atomic mass is 10.2. The van der Waals surface area contributed by atoms with Crippen LogP contribution in [0.1, 0.15) is 41.5 Å². The van der Waals surface area contributed by atoms with E-state index in [4.69, 9.17) is 4.74 Å². The molecule has 3 aromatic rings. The van der Waals surface area contributed by atoms with E-state index in [-0.39, 0.29) is 16.9 Å². The highest BCUT2D eigenvalue weighted by Crippen LogP contribution is 2.29. The number of esters is 1. The Morgan fingerprint density at radius 1 is 1.15 bits per heavy atom. The van der Waals surface area contributed by atoms with E-state index in [1.807, 2.05) is 0 Å². The van der Waals surface area contributed by atoms with E-state index in [9.17, 15) is 26.7 Å². The Balaban J connectivity index is 1.85. The van der Waals surface area contributed by atoms with E-state index < -0.39 is 30.5 Å². The molecule has 0 aliphatic carbocycles. The third kappa shape index (κ3) is 3.74. The van der Waals surface area contributed by atoms with Crippen LogP contribution in [-0.2, 0) is 10.9 Å². The summed E-state index contributed by atoms with van der Waals surface area (Å²) < 4.78 is 70.1. The number of hydrogen-bond donors (Lipinski definition) is 0. The standard InChI is InChI=1S/C17H12F5N3O2/c1-9(14-24-11-4-2-3-5-12(11)25(14)16(18)19)27-15(26)10-6-7-13(23-8-10)17(20,21)22/h2-9,16H,1H3. The van der Waals surface area contributed by atoms with Gasteiger partial charge in [0, 0.05) is 6.20 Å². The number of alkyl halides is 5. The van der Waals surface area contributed by atoms with Crippen LogP contribution in [0.15, 0.2) is 42.6 Å². The van der Waals surface area contributed by atoms with Gasteiger partial charge in [-0.15, -0.1) is 0 Å². The number of hydrogen-bond acceptors (Lipinski definition) is 4. The number of imidazole rings is 1. The second-order valence-electron chi connectivity index (χ2n) is 5.58. The first kappa shape index (κ1) is 18.7. The number of halogens is 5. The molecule has 27 heavy (non-hydrogen) atoms. The number of rotatable bonds is 4. The van der Waals surface area contributed by atoms with Gasteiger partial charge in [-0.3, -0.25) is 9.55 Å². The summed E-state index contributed by atoms with van der Waals surface area (Å²) in [5.41, 5.74) is -0.936. The molecule has 2 aromatic heterocycles. The van der Waals surface area contributed by atoms with E-state index in [0.717, 1.165) is 6.07 Å².